The van der Waals surface area contributed by atoms with Crippen LogP contribution in [0.1, 0.15) is 0 Å². The molecule has 0 aromatic heterocycles. The van der Waals surface area contributed by atoms with Gasteiger partial charge in [0, 0.05) is 15.6 Å². The standard InChI is InChI=1S/C10H11BrClNO/c1-7(12)6-13-10-5-8(14-2)3-4-9(10)11/h3-5,13H,1,6H2,2H3. The van der Waals surface area contributed by atoms with E-state index in [1.54, 1.807) is 7.11 Å². The molecule has 0 heterocycles. The summed E-state index contributed by atoms with van der Waals surface area (Å²) in [7, 11) is 1.63. The molecule has 14 heavy (non-hydrogen) atoms. The van der Waals surface area contributed by atoms with E-state index in [0.717, 1.165) is 15.9 Å². The van der Waals surface area contributed by atoms with Gasteiger partial charge in [0.1, 0.15) is 5.75 Å². The second kappa shape index (κ2) is 5.27. The Morgan fingerprint density at radius 3 is 2.93 bits per heavy atom. The smallest absolute Gasteiger partial charge is 0.121 e. The Labute approximate surface area is 97.0 Å². The fourth-order valence-corrected chi connectivity index (χ4v) is 1.41. The molecular formula is C10H11BrClNO. The van der Waals surface area contributed by atoms with Crippen molar-refractivity contribution in [2.75, 3.05) is 19.0 Å². The van der Waals surface area contributed by atoms with E-state index < -0.39 is 0 Å². The van der Waals surface area contributed by atoms with Crippen LogP contribution in [0.15, 0.2) is 34.3 Å². The van der Waals surface area contributed by atoms with Crippen LogP contribution in [-0.4, -0.2) is 13.7 Å². The summed E-state index contributed by atoms with van der Waals surface area (Å²) < 4.78 is 6.07. The molecule has 1 rings (SSSR count). The van der Waals surface area contributed by atoms with E-state index in [2.05, 4.69) is 27.8 Å². The van der Waals surface area contributed by atoms with Crippen LogP contribution < -0.4 is 10.1 Å². The highest BCUT2D eigenvalue weighted by Crippen LogP contribution is 2.27. The maximum absolute atomic E-state index is 5.65. The molecule has 0 saturated carbocycles. The molecule has 0 unspecified atom stereocenters. The summed E-state index contributed by atoms with van der Waals surface area (Å²) in [4.78, 5) is 0. The number of nitrogens with one attached hydrogen (secondary N) is 1. The summed E-state index contributed by atoms with van der Waals surface area (Å²) in [5.74, 6) is 0.802. The van der Waals surface area contributed by atoms with E-state index in [9.17, 15) is 0 Å². The fourth-order valence-electron chi connectivity index (χ4n) is 0.958. The summed E-state index contributed by atoms with van der Waals surface area (Å²) in [6.45, 7) is 4.13. The molecule has 0 aliphatic heterocycles. The van der Waals surface area contributed by atoms with Gasteiger partial charge in [-0.05, 0) is 28.1 Å². The van der Waals surface area contributed by atoms with E-state index >= 15 is 0 Å². The lowest BCUT2D eigenvalue weighted by Gasteiger charge is -2.09. The number of anilines is 1. The summed E-state index contributed by atoms with van der Waals surface area (Å²) in [6, 6.07) is 5.69. The van der Waals surface area contributed by atoms with Crippen molar-refractivity contribution in [2.45, 2.75) is 0 Å². The highest BCUT2D eigenvalue weighted by molar-refractivity contribution is 9.10. The van der Waals surface area contributed by atoms with E-state index in [1.807, 2.05) is 18.2 Å². The maximum atomic E-state index is 5.65. The molecular weight excluding hydrogens is 265 g/mol. The molecule has 76 valence electrons. The average Bonchev–Trinajstić information content (AvgIpc) is 2.16. The van der Waals surface area contributed by atoms with Crippen molar-refractivity contribution >= 4 is 33.2 Å². The molecule has 1 aromatic rings. The Balaban J connectivity index is 2.78. The summed E-state index contributed by atoms with van der Waals surface area (Å²) in [6.07, 6.45) is 0. The van der Waals surface area contributed by atoms with Crippen LogP contribution >= 0.6 is 27.5 Å². The van der Waals surface area contributed by atoms with Crippen LogP contribution in [0.3, 0.4) is 0 Å². The second-order valence-corrected chi connectivity index (χ2v) is 4.11. The average molecular weight is 277 g/mol. The third kappa shape index (κ3) is 3.24. The van der Waals surface area contributed by atoms with E-state index in [1.165, 1.54) is 0 Å². The van der Waals surface area contributed by atoms with Crippen molar-refractivity contribution in [3.8, 4) is 5.75 Å². The third-order valence-electron chi connectivity index (χ3n) is 1.64. The van der Waals surface area contributed by atoms with Crippen molar-refractivity contribution in [3.05, 3.63) is 34.3 Å². The Bertz CT molecular complexity index is 341. The van der Waals surface area contributed by atoms with Crippen LogP contribution in [-0.2, 0) is 0 Å². The van der Waals surface area contributed by atoms with Gasteiger partial charge in [-0.15, -0.1) is 0 Å². The Kier molecular flexibility index (Phi) is 4.29. The number of rotatable bonds is 4. The highest BCUT2D eigenvalue weighted by Gasteiger charge is 2.01. The lowest BCUT2D eigenvalue weighted by molar-refractivity contribution is 0.415. The summed E-state index contributed by atoms with van der Waals surface area (Å²) in [5.41, 5.74) is 0.936. The Hall–Kier alpha value is -0.670. The molecule has 0 fully saturated rings. The number of halogens is 2. The van der Waals surface area contributed by atoms with Gasteiger partial charge >= 0.3 is 0 Å². The van der Waals surface area contributed by atoms with Gasteiger partial charge < -0.3 is 10.1 Å². The van der Waals surface area contributed by atoms with Crippen molar-refractivity contribution in [3.63, 3.8) is 0 Å². The van der Waals surface area contributed by atoms with Gasteiger partial charge in [-0.1, -0.05) is 18.2 Å². The quantitative estimate of drug-likeness (QED) is 0.907. The van der Waals surface area contributed by atoms with Gasteiger partial charge in [-0.25, -0.2) is 0 Å². The first-order chi connectivity index (χ1) is 6.63. The molecule has 0 aliphatic rings. The molecule has 1 N–H and O–H groups in total. The number of hydrogen-bond donors (Lipinski definition) is 1. The second-order valence-electron chi connectivity index (χ2n) is 2.72. The lowest BCUT2D eigenvalue weighted by Crippen LogP contribution is -2.01. The first-order valence-corrected chi connectivity index (χ1v) is 5.21. The van der Waals surface area contributed by atoms with Crippen molar-refractivity contribution in [2.24, 2.45) is 0 Å². The normalized spacial score (nSPS) is 9.64. The largest absolute Gasteiger partial charge is 0.497 e. The van der Waals surface area contributed by atoms with Crippen LogP contribution in [0, 0.1) is 0 Å². The van der Waals surface area contributed by atoms with E-state index in [4.69, 9.17) is 16.3 Å². The molecule has 0 radical (unpaired) electrons. The van der Waals surface area contributed by atoms with E-state index in [-0.39, 0.29) is 0 Å². The molecule has 0 saturated heterocycles. The van der Waals surface area contributed by atoms with E-state index in [0.29, 0.717) is 11.6 Å². The predicted octanol–water partition coefficient (Wildman–Crippen LogP) is 3.62. The van der Waals surface area contributed by atoms with Gasteiger partial charge in [0.2, 0.25) is 0 Å². The monoisotopic (exact) mass is 275 g/mol. The minimum atomic E-state index is 0.535. The molecule has 2 nitrogen and oxygen atoms in total. The molecule has 0 atom stereocenters. The minimum absolute atomic E-state index is 0.535. The predicted molar refractivity (Wildman–Crippen MR) is 64.2 cm³/mol. The van der Waals surface area contributed by atoms with Gasteiger partial charge in [-0.3, -0.25) is 0 Å². The van der Waals surface area contributed by atoms with Crippen LogP contribution in [0.25, 0.3) is 0 Å². The van der Waals surface area contributed by atoms with Crippen molar-refractivity contribution in [1.82, 2.24) is 0 Å². The Morgan fingerprint density at radius 1 is 1.64 bits per heavy atom. The van der Waals surface area contributed by atoms with Gasteiger partial charge in [0.05, 0.1) is 19.3 Å². The molecule has 0 amide bonds. The lowest BCUT2D eigenvalue weighted by atomic mass is 10.3. The van der Waals surface area contributed by atoms with Gasteiger partial charge in [0.15, 0.2) is 0 Å². The topological polar surface area (TPSA) is 21.3 Å². The van der Waals surface area contributed by atoms with Crippen LogP contribution in [0.5, 0.6) is 5.75 Å². The maximum Gasteiger partial charge on any atom is 0.121 e. The highest BCUT2D eigenvalue weighted by atomic mass is 79.9. The molecule has 4 heteroatoms. The first kappa shape index (κ1) is 11.4. The molecule has 1 aromatic carbocycles. The Morgan fingerprint density at radius 2 is 2.36 bits per heavy atom. The number of ether oxygens (including phenoxy) is 1. The molecule has 0 aliphatic carbocycles. The zero-order valence-corrected chi connectivity index (χ0v) is 10.2. The SMILES string of the molecule is C=C(Cl)CNc1cc(OC)ccc1Br. The number of methoxy groups -OCH3 is 1. The summed E-state index contributed by atoms with van der Waals surface area (Å²) >= 11 is 9.07. The molecule has 0 bridgehead atoms. The van der Waals surface area contributed by atoms with Crippen molar-refractivity contribution < 1.29 is 4.74 Å². The number of benzene rings is 1. The zero-order valence-electron chi connectivity index (χ0n) is 7.81. The van der Waals surface area contributed by atoms with Crippen LogP contribution in [0.2, 0.25) is 0 Å². The molecule has 0 spiro atoms. The summed E-state index contributed by atoms with van der Waals surface area (Å²) in [5, 5.41) is 3.70. The van der Waals surface area contributed by atoms with Crippen LogP contribution in [0.4, 0.5) is 5.69 Å². The first-order valence-electron chi connectivity index (χ1n) is 4.04. The van der Waals surface area contributed by atoms with Gasteiger partial charge in [-0.2, -0.15) is 0 Å². The third-order valence-corrected chi connectivity index (χ3v) is 2.47. The number of hydrogen-bond acceptors (Lipinski definition) is 2. The zero-order chi connectivity index (χ0) is 10.6. The fraction of sp³-hybridized carbons (Fsp3) is 0.200. The van der Waals surface area contributed by atoms with Crippen molar-refractivity contribution in [1.29, 1.82) is 0 Å². The minimum Gasteiger partial charge on any atom is -0.497 e. The van der Waals surface area contributed by atoms with Gasteiger partial charge in [0.25, 0.3) is 0 Å².